The molecule has 1 fully saturated rings. The third-order valence-corrected chi connectivity index (χ3v) is 3.26. The first-order valence-corrected chi connectivity index (χ1v) is 6.17. The van der Waals surface area contributed by atoms with E-state index in [1.54, 1.807) is 12.3 Å². The Balaban J connectivity index is 2.00. The highest BCUT2D eigenvalue weighted by Crippen LogP contribution is 2.25. The van der Waals surface area contributed by atoms with E-state index in [4.69, 9.17) is 4.74 Å². The van der Waals surface area contributed by atoms with Crippen LogP contribution < -0.4 is 5.32 Å². The second-order valence-electron chi connectivity index (χ2n) is 4.38. The summed E-state index contributed by atoms with van der Waals surface area (Å²) >= 11 is 0. The van der Waals surface area contributed by atoms with Crippen LogP contribution in [-0.4, -0.2) is 29.2 Å². The van der Waals surface area contributed by atoms with E-state index in [0.29, 0.717) is 18.3 Å². The van der Waals surface area contributed by atoms with E-state index in [1.165, 1.54) is 6.07 Å². The minimum absolute atomic E-state index is 0.0180. The molecule has 1 aromatic rings. The molecule has 1 aromatic heterocycles. The molecule has 2 rings (SSSR count). The van der Waals surface area contributed by atoms with Crippen LogP contribution >= 0.6 is 0 Å². The summed E-state index contributed by atoms with van der Waals surface area (Å²) in [7, 11) is 0. The molecule has 1 aliphatic rings. The largest absolute Gasteiger partial charge is 0.378 e. The lowest BCUT2D eigenvalue weighted by atomic mass is 10.00. The van der Waals surface area contributed by atoms with E-state index >= 15 is 0 Å². The molecule has 0 aliphatic carbocycles. The van der Waals surface area contributed by atoms with Gasteiger partial charge in [-0.3, -0.25) is 10.1 Å². The zero-order chi connectivity index (χ0) is 13.0. The van der Waals surface area contributed by atoms with Gasteiger partial charge in [-0.15, -0.1) is 0 Å². The molecular formula is C12H17N3O3. The maximum Gasteiger partial charge on any atom is 0.311 e. The Kier molecular flexibility index (Phi) is 4.09. The van der Waals surface area contributed by atoms with Crippen LogP contribution in [0.25, 0.3) is 0 Å². The van der Waals surface area contributed by atoms with Crippen molar-refractivity contribution < 1.29 is 9.66 Å². The molecule has 2 heterocycles. The molecule has 2 atom stereocenters. The van der Waals surface area contributed by atoms with E-state index < -0.39 is 4.92 Å². The molecule has 6 heteroatoms. The molecular weight excluding hydrogens is 234 g/mol. The zero-order valence-electron chi connectivity index (χ0n) is 10.3. The average Bonchev–Trinajstić information content (AvgIpc) is 2.84. The van der Waals surface area contributed by atoms with Gasteiger partial charge in [-0.25, -0.2) is 4.98 Å². The molecule has 0 spiro atoms. The molecule has 1 N–H and O–H groups in total. The lowest BCUT2D eigenvalue weighted by molar-refractivity contribution is -0.384. The van der Waals surface area contributed by atoms with E-state index in [0.717, 1.165) is 19.4 Å². The van der Waals surface area contributed by atoms with Crippen molar-refractivity contribution in [2.24, 2.45) is 5.92 Å². The number of aromatic nitrogens is 1. The van der Waals surface area contributed by atoms with Crippen LogP contribution in [0.1, 0.15) is 19.8 Å². The van der Waals surface area contributed by atoms with Gasteiger partial charge in [0.2, 0.25) is 5.82 Å². The molecule has 6 nitrogen and oxygen atoms in total. The van der Waals surface area contributed by atoms with Crippen LogP contribution in [0.2, 0.25) is 0 Å². The van der Waals surface area contributed by atoms with Crippen molar-refractivity contribution in [3.05, 3.63) is 28.4 Å². The van der Waals surface area contributed by atoms with Crippen molar-refractivity contribution in [2.75, 3.05) is 18.5 Å². The van der Waals surface area contributed by atoms with Gasteiger partial charge < -0.3 is 10.1 Å². The molecule has 1 saturated heterocycles. The van der Waals surface area contributed by atoms with Gasteiger partial charge in [-0.2, -0.15) is 0 Å². The number of nitrogens with zero attached hydrogens (tertiary/aromatic N) is 2. The zero-order valence-corrected chi connectivity index (χ0v) is 10.3. The summed E-state index contributed by atoms with van der Waals surface area (Å²) < 4.78 is 5.59. The minimum atomic E-state index is -0.419. The van der Waals surface area contributed by atoms with Crippen molar-refractivity contribution in [2.45, 2.75) is 25.9 Å². The fourth-order valence-electron chi connectivity index (χ4n) is 2.29. The SMILES string of the molecule is CCC1OCCC1CNc1ncccc1[N+](=O)[O-]. The third kappa shape index (κ3) is 2.76. The van der Waals surface area contributed by atoms with Crippen LogP contribution in [0.4, 0.5) is 11.5 Å². The molecule has 98 valence electrons. The van der Waals surface area contributed by atoms with Gasteiger partial charge in [0.15, 0.2) is 0 Å². The molecule has 1 aliphatic heterocycles. The fraction of sp³-hybridized carbons (Fsp3) is 0.583. The van der Waals surface area contributed by atoms with E-state index in [2.05, 4.69) is 17.2 Å². The van der Waals surface area contributed by atoms with Gasteiger partial charge >= 0.3 is 5.69 Å². The topological polar surface area (TPSA) is 77.3 Å². The van der Waals surface area contributed by atoms with Gasteiger partial charge in [-0.05, 0) is 18.9 Å². The van der Waals surface area contributed by atoms with E-state index in [1.807, 2.05) is 0 Å². The number of pyridine rings is 1. The van der Waals surface area contributed by atoms with Gasteiger partial charge in [-0.1, -0.05) is 6.92 Å². The predicted octanol–water partition coefficient (Wildman–Crippen LogP) is 2.22. The Hall–Kier alpha value is -1.69. The summed E-state index contributed by atoms with van der Waals surface area (Å²) in [4.78, 5) is 14.4. The molecule has 2 unspecified atom stereocenters. The minimum Gasteiger partial charge on any atom is -0.378 e. The molecule has 0 radical (unpaired) electrons. The number of hydrogen-bond acceptors (Lipinski definition) is 5. The molecule has 0 saturated carbocycles. The monoisotopic (exact) mass is 251 g/mol. The lowest BCUT2D eigenvalue weighted by Crippen LogP contribution is -2.23. The smallest absolute Gasteiger partial charge is 0.311 e. The second-order valence-corrected chi connectivity index (χ2v) is 4.38. The van der Waals surface area contributed by atoms with Crippen LogP contribution in [0.15, 0.2) is 18.3 Å². The normalized spacial score (nSPS) is 22.9. The first-order chi connectivity index (χ1) is 8.72. The maximum atomic E-state index is 10.8. The standard InChI is InChI=1S/C12H17N3O3/c1-2-11-9(5-7-18-11)8-14-12-10(15(16)17)4-3-6-13-12/h3-4,6,9,11H,2,5,7-8H2,1H3,(H,13,14). The molecule has 18 heavy (non-hydrogen) atoms. The highest BCUT2D eigenvalue weighted by atomic mass is 16.6. The number of rotatable bonds is 5. The predicted molar refractivity (Wildman–Crippen MR) is 67.5 cm³/mol. The Morgan fingerprint density at radius 2 is 2.50 bits per heavy atom. The number of anilines is 1. The van der Waals surface area contributed by atoms with Crippen molar-refractivity contribution in [3.63, 3.8) is 0 Å². The van der Waals surface area contributed by atoms with Crippen LogP contribution in [0, 0.1) is 16.0 Å². The Morgan fingerprint density at radius 3 is 3.22 bits per heavy atom. The highest BCUT2D eigenvalue weighted by molar-refractivity contribution is 5.55. The average molecular weight is 251 g/mol. The summed E-state index contributed by atoms with van der Waals surface area (Å²) in [5.41, 5.74) is 0.0180. The quantitative estimate of drug-likeness (QED) is 0.641. The Bertz CT molecular complexity index is 425. The van der Waals surface area contributed by atoms with Crippen LogP contribution in [0.5, 0.6) is 0 Å². The second kappa shape index (κ2) is 5.77. The third-order valence-electron chi connectivity index (χ3n) is 3.26. The van der Waals surface area contributed by atoms with Crippen LogP contribution in [-0.2, 0) is 4.74 Å². The van der Waals surface area contributed by atoms with Crippen molar-refractivity contribution in [1.82, 2.24) is 4.98 Å². The van der Waals surface area contributed by atoms with Crippen LogP contribution in [0.3, 0.4) is 0 Å². The van der Waals surface area contributed by atoms with Gasteiger partial charge in [0, 0.05) is 31.3 Å². The lowest BCUT2D eigenvalue weighted by Gasteiger charge is -2.17. The summed E-state index contributed by atoms with van der Waals surface area (Å²) in [6, 6.07) is 3.02. The summed E-state index contributed by atoms with van der Waals surface area (Å²) in [5.74, 6) is 0.737. The Labute approximate surface area is 106 Å². The summed E-state index contributed by atoms with van der Waals surface area (Å²) in [5, 5.41) is 13.9. The number of nitro groups is 1. The first-order valence-electron chi connectivity index (χ1n) is 6.17. The Morgan fingerprint density at radius 1 is 1.67 bits per heavy atom. The van der Waals surface area contributed by atoms with Crippen molar-refractivity contribution >= 4 is 11.5 Å². The highest BCUT2D eigenvalue weighted by Gasteiger charge is 2.27. The van der Waals surface area contributed by atoms with Gasteiger partial charge in [0.05, 0.1) is 11.0 Å². The summed E-state index contributed by atoms with van der Waals surface area (Å²) in [6.07, 6.45) is 3.76. The molecule has 0 aromatic carbocycles. The van der Waals surface area contributed by atoms with Gasteiger partial charge in [0.25, 0.3) is 0 Å². The number of nitrogens with one attached hydrogen (secondary N) is 1. The molecule has 0 amide bonds. The fourth-order valence-corrected chi connectivity index (χ4v) is 2.29. The number of hydrogen-bond donors (Lipinski definition) is 1. The summed E-state index contributed by atoms with van der Waals surface area (Å²) in [6.45, 7) is 3.53. The van der Waals surface area contributed by atoms with Crippen molar-refractivity contribution in [1.29, 1.82) is 0 Å². The van der Waals surface area contributed by atoms with E-state index in [9.17, 15) is 10.1 Å². The maximum absolute atomic E-state index is 10.8. The van der Waals surface area contributed by atoms with E-state index in [-0.39, 0.29) is 11.8 Å². The molecule has 0 bridgehead atoms. The first kappa shape index (κ1) is 12.8. The number of ether oxygens (including phenoxy) is 1. The van der Waals surface area contributed by atoms with Crippen molar-refractivity contribution in [3.8, 4) is 0 Å². The van der Waals surface area contributed by atoms with Gasteiger partial charge in [0.1, 0.15) is 0 Å².